The predicted octanol–water partition coefficient (Wildman–Crippen LogP) is 3.32. The zero-order valence-electron chi connectivity index (χ0n) is 11.1. The Hall–Kier alpha value is -1.31. The molecule has 0 heterocycles. The van der Waals surface area contributed by atoms with Gasteiger partial charge in [0.1, 0.15) is 0 Å². The number of amides is 1. The van der Waals surface area contributed by atoms with Crippen molar-refractivity contribution in [2.45, 2.75) is 51.9 Å². The number of primary amides is 1. The van der Waals surface area contributed by atoms with Crippen LogP contribution in [0.3, 0.4) is 0 Å². The molecular formula is C15H23NO. The van der Waals surface area contributed by atoms with Gasteiger partial charge in [-0.05, 0) is 25.3 Å². The molecule has 1 amide bonds. The molecule has 1 aromatic carbocycles. The summed E-state index contributed by atoms with van der Waals surface area (Å²) >= 11 is 0. The van der Waals surface area contributed by atoms with Crippen LogP contribution < -0.4 is 5.73 Å². The lowest BCUT2D eigenvalue weighted by molar-refractivity contribution is -0.123. The highest BCUT2D eigenvalue weighted by molar-refractivity contribution is 5.87. The molecule has 1 aliphatic carbocycles. The van der Waals surface area contributed by atoms with Crippen LogP contribution in [0.5, 0.6) is 0 Å². The molecule has 2 nitrogen and oxygen atoms in total. The lowest BCUT2D eigenvalue weighted by Crippen LogP contribution is -2.38. The van der Waals surface area contributed by atoms with E-state index in [0.29, 0.717) is 0 Å². The number of carbonyl (C=O) groups excluding carboxylic acids is 1. The van der Waals surface area contributed by atoms with E-state index in [1.807, 2.05) is 26.0 Å². The van der Waals surface area contributed by atoms with E-state index in [4.69, 9.17) is 5.73 Å². The Morgan fingerprint density at radius 2 is 1.59 bits per heavy atom. The Bertz CT molecular complexity index is 361. The maximum atomic E-state index is 11.6. The van der Waals surface area contributed by atoms with Crippen LogP contribution in [0.15, 0.2) is 24.3 Å². The molecule has 1 aromatic rings. The van der Waals surface area contributed by atoms with Gasteiger partial charge in [0, 0.05) is 0 Å². The Morgan fingerprint density at radius 3 is 2.00 bits per heavy atom. The Labute approximate surface area is 104 Å². The van der Waals surface area contributed by atoms with E-state index in [2.05, 4.69) is 19.1 Å². The first-order valence-corrected chi connectivity index (χ1v) is 6.52. The minimum absolute atomic E-state index is 0.163. The molecule has 94 valence electrons. The molecule has 17 heavy (non-hydrogen) atoms. The highest BCUT2D eigenvalue weighted by Gasteiger charge is 2.40. The quantitative estimate of drug-likeness (QED) is 0.836. The first-order chi connectivity index (χ1) is 8.15. The Balaban J connectivity index is 0.000000686. The van der Waals surface area contributed by atoms with Crippen LogP contribution in [0.4, 0.5) is 0 Å². The first kappa shape index (κ1) is 13.8. The SMILES string of the molecule is CC.Cc1ccc(C2(C(N)=O)CCCC2)cc1. The van der Waals surface area contributed by atoms with Crippen molar-refractivity contribution < 1.29 is 4.79 Å². The molecule has 2 N–H and O–H groups in total. The van der Waals surface area contributed by atoms with Gasteiger partial charge in [0.15, 0.2) is 0 Å². The second kappa shape index (κ2) is 5.85. The van der Waals surface area contributed by atoms with E-state index < -0.39 is 0 Å². The van der Waals surface area contributed by atoms with Gasteiger partial charge < -0.3 is 5.73 Å². The van der Waals surface area contributed by atoms with E-state index in [1.165, 1.54) is 5.56 Å². The van der Waals surface area contributed by atoms with Gasteiger partial charge >= 0.3 is 0 Å². The minimum atomic E-state index is -0.381. The highest BCUT2D eigenvalue weighted by atomic mass is 16.1. The molecule has 0 bridgehead atoms. The second-order valence-corrected chi connectivity index (χ2v) is 4.52. The molecule has 2 rings (SSSR count). The van der Waals surface area contributed by atoms with E-state index in [1.54, 1.807) is 0 Å². The van der Waals surface area contributed by atoms with Crippen LogP contribution >= 0.6 is 0 Å². The number of hydrogen-bond donors (Lipinski definition) is 1. The third-order valence-corrected chi connectivity index (χ3v) is 3.53. The number of nitrogens with two attached hydrogens (primary N) is 1. The fourth-order valence-electron chi connectivity index (χ4n) is 2.53. The zero-order valence-corrected chi connectivity index (χ0v) is 11.1. The van der Waals surface area contributed by atoms with Crippen molar-refractivity contribution in [1.82, 2.24) is 0 Å². The van der Waals surface area contributed by atoms with Crippen molar-refractivity contribution in [3.63, 3.8) is 0 Å². The largest absolute Gasteiger partial charge is 0.369 e. The smallest absolute Gasteiger partial charge is 0.228 e. The van der Waals surface area contributed by atoms with Gasteiger partial charge in [0.05, 0.1) is 5.41 Å². The van der Waals surface area contributed by atoms with Crippen molar-refractivity contribution in [2.75, 3.05) is 0 Å². The van der Waals surface area contributed by atoms with Gasteiger partial charge in [0.25, 0.3) is 0 Å². The molecule has 0 aromatic heterocycles. The Morgan fingerprint density at radius 1 is 1.12 bits per heavy atom. The van der Waals surface area contributed by atoms with Crippen molar-refractivity contribution in [1.29, 1.82) is 0 Å². The van der Waals surface area contributed by atoms with Gasteiger partial charge in [0.2, 0.25) is 5.91 Å². The van der Waals surface area contributed by atoms with Crippen LogP contribution in [0.25, 0.3) is 0 Å². The fourth-order valence-corrected chi connectivity index (χ4v) is 2.53. The van der Waals surface area contributed by atoms with E-state index in [-0.39, 0.29) is 11.3 Å². The molecule has 2 heteroatoms. The molecule has 0 radical (unpaired) electrons. The summed E-state index contributed by atoms with van der Waals surface area (Å²) < 4.78 is 0. The van der Waals surface area contributed by atoms with Crippen molar-refractivity contribution >= 4 is 5.91 Å². The van der Waals surface area contributed by atoms with Gasteiger partial charge in [-0.3, -0.25) is 4.79 Å². The molecule has 1 saturated carbocycles. The van der Waals surface area contributed by atoms with Crippen LogP contribution in [0.2, 0.25) is 0 Å². The van der Waals surface area contributed by atoms with Crippen LogP contribution in [0, 0.1) is 6.92 Å². The van der Waals surface area contributed by atoms with E-state index >= 15 is 0 Å². The fraction of sp³-hybridized carbons (Fsp3) is 0.533. The summed E-state index contributed by atoms with van der Waals surface area (Å²) in [4.78, 5) is 11.6. The highest BCUT2D eigenvalue weighted by Crippen LogP contribution is 2.40. The number of rotatable bonds is 2. The third-order valence-electron chi connectivity index (χ3n) is 3.53. The van der Waals surface area contributed by atoms with Gasteiger partial charge in [-0.1, -0.05) is 56.5 Å². The van der Waals surface area contributed by atoms with Gasteiger partial charge in [-0.25, -0.2) is 0 Å². The molecule has 0 spiro atoms. The predicted molar refractivity (Wildman–Crippen MR) is 71.9 cm³/mol. The standard InChI is InChI=1S/C13H17NO.C2H6/c1-10-4-6-11(7-5-10)13(12(14)15)8-2-3-9-13;1-2/h4-7H,2-3,8-9H2,1H3,(H2,14,15);1-2H3. The average molecular weight is 233 g/mol. The minimum Gasteiger partial charge on any atom is -0.369 e. The van der Waals surface area contributed by atoms with E-state index in [9.17, 15) is 4.79 Å². The monoisotopic (exact) mass is 233 g/mol. The normalized spacial score (nSPS) is 17.1. The topological polar surface area (TPSA) is 43.1 Å². The summed E-state index contributed by atoms with van der Waals surface area (Å²) in [6.07, 6.45) is 4.03. The van der Waals surface area contributed by atoms with Crippen LogP contribution in [0.1, 0.15) is 50.7 Å². The summed E-state index contributed by atoms with van der Waals surface area (Å²) in [6.45, 7) is 6.05. The summed E-state index contributed by atoms with van der Waals surface area (Å²) in [5.41, 5.74) is 7.50. The van der Waals surface area contributed by atoms with E-state index in [0.717, 1.165) is 31.2 Å². The Kier molecular flexibility index (Phi) is 4.73. The summed E-state index contributed by atoms with van der Waals surface area (Å²) in [5, 5.41) is 0. The molecular weight excluding hydrogens is 210 g/mol. The number of hydrogen-bond acceptors (Lipinski definition) is 1. The molecule has 1 aliphatic rings. The maximum Gasteiger partial charge on any atom is 0.228 e. The van der Waals surface area contributed by atoms with Crippen LogP contribution in [-0.2, 0) is 10.2 Å². The average Bonchev–Trinajstić information content (AvgIpc) is 2.83. The molecule has 1 fully saturated rings. The molecule has 0 aliphatic heterocycles. The van der Waals surface area contributed by atoms with Crippen LogP contribution in [-0.4, -0.2) is 5.91 Å². The zero-order chi connectivity index (χ0) is 12.9. The maximum absolute atomic E-state index is 11.6. The third kappa shape index (κ3) is 2.68. The second-order valence-electron chi connectivity index (χ2n) is 4.52. The summed E-state index contributed by atoms with van der Waals surface area (Å²) in [7, 11) is 0. The van der Waals surface area contributed by atoms with Gasteiger partial charge in [-0.15, -0.1) is 0 Å². The number of carbonyl (C=O) groups is 1. The lowest BCUT2D eigenvalue weighted by atomic mass is 9.78. The molecule has 0 unspecified atom stereocenters. The van der Waals surface area contributed by atoms with Crippen molar-refractivity contribution in [2.24, 2.45) is 5.73 Å². The first-order valence-electron chi connectivity index (χ1n) is 6.52. The number of benzene rings is 1. The summed E-state index contributed by atoms with van der Waals surface area (Å²) in [6, 6.07) is 8.20. The van der Waals surface area contributed by atoms with Gasteiger partial charge in [-0.2, -0.15) is 0 Å². The summed E-state index contributed by atoms with van der Waals surface area (Å²) in [5.74, 6) is -0.163. The van der Waals surface area contributed by atoms with Crippen molar-refractivity contribution in [3.8, 4) is 0 Å². The molecule has 0 atom stereocenters. The lowest BCUT2D eigenvalue weighted by Gasteiger charge is -2.25. The van der Waals surface area contributed by atoms with Crippen molar-refractivity contribution in [3.05, 3.63) is 35.4 Å². The number of aryl methyl sites for hydroxylation is 1. The molecule has 0 saturated heterocycles.